The SMILES string of the molecule is Cc1nn(-c2ccccc2)c(C)c1NC(=O)COC(=O)/C=C/c1ccc2c(c1)OCO2. The quantitative estimate of drug-likeness (QED) is 0.486. The highest BCUT2D eigenvalue weighted by Gasteiger charge is 2.16. The van der Waals surface area contributed by atoms with Crippen LogP contribution in [0.5, 0.6) is 11.5 Å². The average molecular weight is 419 g/mol. The number of amides is 1. The van der Waals surface area contributed by atoms with E-state index in [9.17, 15) is 9.59 Å². The fourth-order valence-corrected chi connectivity index (χ4v) is 3.19. The second kappa shape index (κ2) is 8.74. The highest BCUT2D eigenvalue weighted by molar-refractivity contribution is 5.95. The summed E-state index contributed by atoms with van der Waals surface area (Å²) in [7, 11) is 0. The van der Waals surface area contributed by atoms with Crippen LogP contribution < -0.4 is 14.8 Å². The van der Waals surface area contributed by atoms with Gasteiger partial charge in [0.25, 0.3) is 5.91 Å². The maximum Gasteiger partial charge on any atom is 0.331 e. The number of nitrogens with one attached hydrogen (secondary N) is 1. The number of aromatic nitrogens is 2. The lowest BCUT2D eigenvalue weighted by molar-refractivity contribution is -0.142. The van der Waals surface area contributed by atoms with Crippen LogP contribution in [0.4, 0.5) is 5.69 Å². The van der Waals surface area contributed by atoms with Crippen molar-refractivity contribution in [1.29, 1.82) is 0 Å². The topological polar surface area (TPSA) is 91.7 Å². The van der Waals surface area contributed by atoms with E-state index in [0.29, 0.717) is 22.9 Å². The summed E-state index contributed by atoms with van der Waals surface area (Å²) >= 11 is 0. The molecular formula is C23H21N3O5. The van der Waals surface area contributed by atoms with E-state index in [1.165, 1.54) is 6.08 Å². The van der Waals surface area contributed by atoms with Gasteiger partial charge in [0.1, 0.15) is 0 Å². The zero-order valence-corrected chi connectivity index (χ0v) is 17.1. The Kier molecular flexibility index (Phi) is 5.70. The molecule has 2 heterocycles. The number of anilines is 1. The molecule has 8 nitrogen and oxygen atoms in total. The molecule has 0 fully saturated rings. The highest BCUT2D eigenvalue weighted by Crippen LogP contribution is 2.32. The lowest BCUT2D eigenvalue weighted by Crippen LogP contribution is -2.20. The van der Waals surface area contributed by atoms with E-state index in [2.05, 4.69) is 10.4 Å². The number of benzene rings is 2. The van der Waals surface area contributed by atoms with Crippen LogP contribution in [0.15, 0.2) is 54.6 Å². The van der Waals surface area contributed by atoms with Crippen molar-refractivity contribution in [3.05, 3.63) is 71.6 Å². The summed E-state index contributed by atoms with van der Waals surface area (Å²) in [5.41, 5.74) is 3.70. The van der Waals surface area contributed by atoms with Gasteiger partial charge in [-0.25, -0.2) is 9.48 Å². The maximum absolute atomic E-state index is 12.3. The molecule has 0 spiro atoms. The van der Waals surface area contributed by atoms with Crippen LogP contribution in [0.25, 0.3) is 11.8 Å². The van der Waals surface area contributed by atoms with Gasteiger partial charge in [-0.05, 0) is 49.8 Å². The normalized spacial score (nSPS) is 12.2. The molecule has 8 heteroatoms. The Bertz CT molecular complexity index is 1150. The molecule has 0 saturated carbocycles. The van der Waals surface area contributed by atoms with Gasteiger partial charge >= 0.3 is 5.97 Å². The van der Waals surface area contributed by atoms with Crippen LogP contribution in [0.2, 0.25) is 0 Å². The Morgan fingerprint density at radius 1 is 1.13 bits per heavy atom. The number of carbonyl (C=O) groups is 2. The molecule has 0 aliphatic carbocycles. The predicted molar refractivity (Wildman–Crippen MR) is 114 cm³/mol. The number of ether oxygens (including phenoxy) is 3. The Morgan fingerprint density at radius 2 is 1.90 bits per heavy atom. The largest absolute Gasteiger partial charge is 0.454 e. The number of rotatable bonds is 6. The Hall–Kier alpha value is -4.07. The Labute approximate surface area is 179 Å². The van der Waals surface area contributed by atoms with Crippen molar-refractivity contribution in [2.75, 3.05) is 18.7 Å². The molecule has 0 bridgehead atoms. The first-order chi connectivity index (χ1) is 15.0. The molecule has 2 aromatic carbocycles. The van der Waals surface area contributed by atoms with E-state index in [-0.39, 0.29) is 6.79 Å². The minimum atomic E-state index is -0.624. The highest BCUT2D eigenvalue weighted by atomic mass is 16.7. The van der Waals surface area contributed by atoms with Crippen molar-refractivity contribution in [1.82, 2.24) is 9.78 Å². The van der Waals surface area contributed by atoms with Gasteiger partial charge < -0.3 is 19.5 Å². The molecular weight excluding hydrogens is 398 g/mol. The maximum atomic E-state index is 12.3. The lowest BCUT2D eigenvalue weighted by atomic mass is 10.2. The molecule has 0 radical (unpaired) electrons. The fraction of sp³-hybridized carbons (Fsp3) is 0.174. The third-order valence-corrected chi connectivity index (χ3v) is 4.71. The molecule has 1 aliphatic heterocycles. The summed E-state index contributed by atoms with van der Waals surface area (Å²) in [4.78, 5) is 24.3. The molecule has 1 amide bonds. The predicted octanol–water partition coefficient (Wildman–Crippen LogP) is 3.41. The van der Waals surface area contributed by atoms with Crippen LogP contribution in [0, 0.1) is 13.8 Å². The average Bonchev–Trinajstić information content (AvgIpc) is 3.36. The van der Waals surface area contributed by atoms with Gasteiger partial charge in [-0.3, -0.25) is 4.79 Å². The minimum absolute atomic E-state index is 0.183. The first kappa shape index (κ1) is 20.2. The van der Waals surface area contributed by atoms with Crippen molar-refractivity contribution in [2.45, 2.75) is 13.8 Å². The summed E-state index contributed by atoms with van der Waals surface area (Å²) in [6.45, 7) is 3.45. The first-order valence-corrected chi connectivity index (χ1v) is 9.67. The minimum Gasteiger partial charge on any atom is -0.454 e. The number of hydrogen-bond donors (Lipinski definition) is 1. The summed E-state index contributed by atoms with van der Waals surface area (Å²) in [6.07, 6.45) is 2.84. The van der Waals surface area contributed by atoms with E-state index in [1.807, 2.05) is 44.2 Å². The number of carbonyl (C=O) groups excluding carboxylic acids is 2. The molecule has 1 aromatic heterocycles. The van der Waals surface area contributed by atoms with Crippen molar-refractivity contribution >= 4 is 23.6 Å². The van der Waals surface area contributed by atoms with Crippen LogP contribution in [0.1, 0.15) is 17.0 Å². The van der Waals surface area contributed by atoms with Gasteiger partial charge in [0, 0.05) is 6.08 Å². The fourth-order valence-electron chi connectivity index (χ4n) is 3.19. The Morgan fingerprint density at radius 3 is 2.71 bits per heavy atom. The number of fused-ring (bicyclic) bond motifs is 1. The first-order valence-electron chi connectivity index (χ1n) is 9.67. The van der Waals surface area contributed by atoms with Crippen LogP contribution in [0.3, 0.4) is 0 Å². The molecule has 0 saturated heterocycles. The van der Waals surface area contributed by atoms with Crippen molar-refractivity contribution in [2.24, 2.45) is 0 Å². The van der Waals surface area contributed by atoms with Crippen LogP contribution >= 0.6 is 0 Å². The second-order valence-electron chi connectivity index (χ2n) is 6.90. The third kappa shape index (κ3) is 4.58. The van der Waals surface area contributed by atoms with Crippen LogP contribution in [-0.4, -0.2) is 35.1 Å². The lowest BCUT2D eigenvalue weighted by Gasteiger charge is -2.07. The van der Waals surface area contributed by atoms with E-state index in [0.717, 1.165) is 16.9 Å². The zero-order valence-electron chi connectivity index (χ0n) is 17.1. The van der Waals surface area contributed by atoms with Gasteiger partial charge in [0.2, 0.25) is 6.79 Å². The van der Waals surface area contributed by atoms with Gasteiger partial charge in [-0.2, -0.15) is 5.10 Å². The van der Waals surface area contributed by atoms with E-state index < -0.39 is 18.5 Å². The van der Waals surface area contributed by atoms with E-state index in [1.54, 1.807) is 29.0 Å². The molecule has 4 rings (SSSR count). The number of para-hydroxylation sites is 1. The number of aryl methyl sites for hydroxylation is 1. The molecule has 158 valence electrons. The van der Waals surface area contributed by atoms with Crippen molar-refractivity contribution < 1.29 is 23.8 Å². The van der Waals surface area contributed by atoms with Crippen molar-refractivity contribution in [3.8, 4) is 17.2 Å². The summed E-state index contributed by atoms with van der Waals surface area (Å²) in [5.74, 6) is 0.221. The molecule has 0 atom stereocenters. The third-order valence-electron chi connectivity index (χ3n) is 4.71. The molecule has 1 N–H and O–H groups in total. The van der Waals surface area contributed by atoms with Gasteiger partial charge in [-0.1, -0.05) is 24.3 Å². The molecule has 3 aromatic rings. The standard InChI is InChI=1S/C23H21N3O5/c1-15-23(16(2)26(25-15)18-6-4-3-5-7-18)24-21(27)13-29-22(28)11-9-17-8-10-19-20(12-17)31-14-30-19/h3-12H,13-14H2,1-2H3,(H,24,27)/b11-9+. The summed E-state index contributed by atoms with van der Waals surface area (Å²) in [5, 5.41) is 7.25. The van der Waals surface area contributed by atoms with Crippen molar-refractivity contribution in [3.63, 3.8) is 0 Å². The Balaban J connectivity index is 1.33. The monoisotopic (exact) mass is 419 g/mol. The molecule has 1 aliphatic rings. The van der Waals surface area contributed by atoms with Crippen LogP contribution in [-0.2, 0) is 14.3 Å². The molecule has 0 unspecified atom stereocenters. The zero-order chi connectivity index (χ0) is 21.8. The van der Waals surface area contributed by atoms with E-state index >= 15 is 0 Å². The molecule has 31 heavy (non-hydrogen) atoms. The van der Waals surface area contributed by atoms with E-state index in [4.69, 9.17) is 14.2 Å². The van der Waals surface area contributed by atoms with Gasteiger partial charge in [0.05, 0.1) is 22.8 Å². The number of nitrogens with zero attached hydrogens (tertiary/aromatic N) is 2. The number of esters is 1. The van der Waals surface area contributed by atoms with Gasteiger partial charge in [0.15, 0.2) is 18.1 Å². The van der Waals surface area contributed by atoms with Gasteiger partial charge in [-0.15, -0.1) is 0 Å². The smallest absolute Gasteiger partial charge is 0.331 e. The number of hydrogen-bond acceptors (Lipinski definition) is 6. The summed E-state index contributed by atoms with van der Waals surface area (Å²) in [6, 6.07) is 14.9. The second-order valence-corrected chi connectivity index (χ2v) is 6.90. The summed E-state index contributed by atoms with van der Waals surface area (Å²) < 4.78 is 17.3.